The van der Waals surface area contributed by atoms with Gasteiger partial charge in [0.1, 0.15) is 0 Å². The van der Waals surface area contributed by atoms with E-state index in [1.54, 1.807) is 0 Å². The van der Waals surface area contributed by atoms with Gasteiger partial charge in [-0.15, -0.1) is 0 Å². The Labute approximate surface area is 85.7 Å². The summed E-state index contributed by atoms with van der Waals surface area (Å²) in [6.07, 6.45) is 0. The van der Waals surface area contributed by atoms with Crippen molar-refractivity contribution in [3.8, 4) is 0 Å². The Morgan fingerprint density at radius 1 is 1.29 bits per heavy atom. The predicted octanol–water partition coefficient (Wildman–Crippen LogP) is 1.86. The first-order valence-electron chi connectivity index (χ1n) is 4.96. The minimum Gasteiger partial charge on any atom is -0.271 e. The molecule has 0 spiro atoms. The average molecular weight is 193 g/mol. The molecular weight excluding hydrogens is 174 g/mol. The summed E-state index contributed by atoms with van der Waals surface area (Å²) >= 11 is 0. The van der Waals surface area contributed by atoms with E-state index in [-0.39, 0.29) is 6.04 Å². The van der Waals surface area contributed by atoms with Crippen LogP contribution in [-0.2, 0) is 0 Å². The number of hydrogen-bond acceptors (Lipinski definition) is 3. The number of rotatable bonds is 3. The fourth-order valence-corrected chi connectivity index (χ4v) is 1.67. The molecule has 3 nitrogen and oxygen atoms in total. The van der Waals surface area contributed by atoms with Crippen molar-refractivity contribution >= 4 is 0 Å². The van der Waals surface area contributed by atoms with Crippen LogP contribution in [0.5, 0.6) is 0 Å². The lowest BCUT2D eigenvalue weighted by atomic mass is 9.95. The van der Waals surface area contributed by atoms with Crippen LogP contribution in [-0.4, -0.2) is 4.98 Å². The first kappa shape index (κ1) is 11.1. The zero-order chi connectivity index (χ0) is 10.7. The molecule has 1 rings (SSSR count). The number of aryl methyl sites for hydroxylation is 2. The molecule has 14 heavy (non-hydrogen) atoms. The number of nitrogens with zero attached hydrogens (tertiary/aromatic N) is 1. The molecule has 1 unspecified atom stereocenters. The highest BCUT2D eigenvalue weighted by Crippen LogP contribution is 2.22. The third-order valence-corrected chi connectivity index (χ3v) is 2.45. The van der Waals surface area contributed by atoms with Crippen LogP contribution >= 0.6 is 0 Å². The molecular formula is C11H19N3. The summed E-state index contributed by atoms with van der Waals surface area (Å²) in [5.74, 6) is 6.00. The Balaban J connectivity index is 3.04. The molecule has 1 aromatic heterocycles. The van der Waals surface area contributed by atoms with Gasteiger partial charge in [-0.05, 0) is 31.4 Å². The van der Waals surface area contributed by atoms with E-state index in [9.17, 15) is 0 Å². The van der Waals surface area contributed by atoms with Crippen molar-refractivity contribution in [2.75, 3.05) is 0 Å². The standard InChI is InChI=1S/C11H19N3/c1-7(2)11(14-12)10-6-5-8(3)13-9(10)4/h5-7,11,14H,12H2,1-4H3. The van der Waals surface area contributed by atoms with Crippen molar-refractivity contribution in [3.63, 3.8) is 0 Å². The van der Waals surface area contributed by atoms with Crippen molar-refractivity contribution in [3.05, 3.63) is 29.1 Å². The smallest absolute Gasteiger partial charge is 0.0500 e. The number of hydrogen-bond donors (Lipinski definition) is 2. The van der Waals surface area contributed by atoms with Gasteiger partial charge in [-0.2, -0.15) is 0 Å². The fraction of sp³-hybridized carbons (Fsp3) is 0.545. The van der Waals surface area contributed by atoms with Gasteiger partial charge in [0.2, 0.25) is 0 Å². The SMILES string of the molecule is Cc1ccc(C(NN)C(C)C)c(C)n1. The molecule has 0 fully saturated rings. The van der Waals surface area contributed by atoms with Crippen LogP contribution in [0.15, 0.2) is 12.1 Å². The second-order valence-electron chi connectivity index (χ2n) is 4.02. The molecule has 3 N–H and O–H groups in total. The number of hydrazine groups is 1. The summed E-state index contributed by atoms with van der Waals surface area (Å²) in [5.41, 5.74) is 6.13. The molecule has 1 heterocycles. The molecule has 0 bridgehead atoms. The summed E-state index contributed by atoms with van der Waals surface area (Å²) in [4.78, 5) is 4.43. The Morgan fingerprint density at radius 3 is 2.36 bits per heavy atom. The molecule has 0 amide bonds. The molecule has 1 aromatic rings. The highest BCUT2D eigenvalue weighted by molar-refractivity contribution is 5.25. The highest BCUT2D eigenvalue weighted by atomic mass is 15.2. The number of nitrogens with one attached hydrogen (secondary N) is 1. The third kappa shape index (κ3) is 2.30. The van der Waals surface area contributed by atoms with Crippen molar-refractivity contribution in [2.24, 2.45) is 11.8 Å². The number of aromatic nitrogens is 1. The molecule has 3 heteroatoms. The maximum atomic E-state index is 5.53. The van der Waals surface area contributed by atoms with Gasteiger partial charge in [0, 0.05) is 11.4 Å². The van der Waals surface area contributed by atoms with Crippen molar-refractivity contribution in [1.82, 2.24) is 10.4 Å². The van der Waals surface area contributed by atoms with E-state index in [0.717, 1.165) is 11.4 Å². The molecule has 1 atom stereocenters. The van der Waals surface area contributed by atoms with Crippen LogP contribution in [0.4, 0.5) is 0 Å². The number of pyridine rings is 1. The molecule has 0 aliphatic carbocycles. The Morgan fingerprint density at radius 2 is 1.93 bits per heavy atom. The molecule has 0 saturated heterocycles. The van der Waals surface area contributed by atoms with Crippen LogP contribution in [0.2, 0.25) is 0 Å². The largest absolute Gasteiger partial charge is 0.271 e. The second-order valence-corrected chi connectivity index (χ2v) is 4.02. The normalized spacial score (nSPS) is 13.3. The maximum Gasteiger partial charge on any atom is 0.0500 e. The summed E-state index contributed by atoms with van der Waals surface area (Å²) in [6.45, 7) is 8.31. The van der Waals surface area contributed by atoms with Crippen molar-refractivity contribution in [1.29, 1.82) is 0 Å². The van der Waals surface area contributed by atoms with Crippen LogP contribution in [0.3, 0.4) is 0 Å². The lowest BCUT2D eigenvalue weighted by Crippen LogP contribution is -2.32. The molecule has 0 aromatic carbocycles. The first-order chi connectivity index (χ1) is 6.56. The first-order valence-corrected chi connectivity index (χ1v) is 4.96. The zero-order valence-electron chi connectivity index (χ0n) is 9.33. The third-order valence-electron chi connectivity index (χ3n) is 2.45. The predicted molar refractivity (Wildman–Crippen MR) is 58.6 cm³/mol. The monoisotopic (exact) mass is 193 g/mol. The van der Waals surface area contributed by atoms with Gasteiger partial charge in [-0.25, -0.2) is 0 Å². The zero-order valence-corrected chi connectivity index (χ0v) is 9.33. The fourth-order valence-electron chi connectivity index (χ4n) is 1.67. The van der Waals surface area contributed by atoms with E-state index in [2.05, 4.69) is 30.3 Å². The van der Waals surface area contributed by atoms with E-state index in [1.165, 1.54) is 5.56 Å². The van der Waals surface area contributed by atoms with Gasteiger partial charge in [0.25, 0.3) is 0 Å². The average Bonchev–Trinajstić information content (AvgIpc) is 2.09. The minimum absolute atomic E-state index is 0.183. The van der Waals surface area contributed by atoms with Crippen molar-refractivity contribution in [2.45, 2.75) is 33.7 Å². The highest BCUT2D eigenvalue weighted by Gasteiger charge is 2.16. The van der Waals surface area contributed by atoms with E-state index in [0.29, 0.717) is 5.92 Å². The van der Waals surface area contributed by atoms with E-state index < -0.39 is 0 Å². The van der Waals surface area contributed by atoms with Crippen LogP contribution < -0.4 is 11.3 Å². The molecule has 0 radical (unpaired) electrons. The van der Waals surface area contributed by atoms with Crippen LogP contribution in [0.25, 0.3) is 0 Å². The van der Waals surface area contributed by atoms with E-state index in [4.69, 9.17) is 5.84 Å². The molecule has 78 valence electrons. The van der Waals surface area contributed by atoms with Gasteiger partial charge in [-0.3, -0.25) is 16.3 Å². The number of nitrogens with two attached hydrogens (primary N) is 1. The summed E-state index contributed by atoms with van der Waals surface area (Å²) in [5, 5.41) is 0. The summed E-state index contributed by atoms with van der Waals surface area (Å²) < 4.78 is 0. The van der Waals surface area contributed by atoms with E-state index in [1.807, 2.05) is 19.9 Å². The van der Waals surface area contributed by atoms with Crippen LogP contribution in [0, 0.1) is 19.8 Å². The lowest BCUT2D eigenvalue weighted by molar-refractivity contribution is 0.418. The Hall–Kier alpha value is -0.930. The Bertz CT molecular complexity index is 307. The van der Waals surface area contributed by atoms with Gasteiger partial charge in [0.05, 0.1) is 6.04 Å². The van der Waals surface area contributed by atoms with Gasteiger partial charge < -0.3 is 0 Å². The van der Waals surface area contributed by atoms with Gasteiger partial charge in [-0.1, -0.05) is 19.9 Å². The quantitative estimate of drug-likeness (QED) is 0.569. The maximum absolute atomic E-state index is 5.53. The topological polar surface area (TPSA) is 50.9 Å². The van der Waals surface area contributed by atoms with Gasteiger partial charge in [0.15, 0.2) is 0 Å². The Kier molecular flexibility index (Phi) is 3.61. The van der Waals surface area contributed by atoms with Crippen molar-refractivity contribution < 1.29 is 0 Å². The molecule has 0 aliphatic heterocycles. The lowest BCUT2D eigenvalue weighted by Gasteiger charge is -2.21. The second kappa shape index (κ2) is 4.53. The molecule has 0 saturated carbocycles. The van der Waals surface area contributed by atoms with Crippen LogP contribution in [0.1, 0.15) is 36.8 Å². The summed E-state index contributed by atoms with van der Waals surface area (Å²) in [7, 11) is 0. The van der Waals surface area contributed by atoms with E-state index >= 15 is 0 Å². The summed E-state index contributed by atoms with van der Waals surface area (Å²) in [6, 6.07) is 4.31. The van der Waals surface area contributed by atoms with Gasteiger partial charge >= 0.3 is 0 Å². The molecule has 0 aliphatic rings. The minimum atomic E-state index is 0.183.